The number of hydrogen-bond donors (Lipinski definition) is 1. The highest BCUT2D eigenvalue weighted by Gasteiger charge is 2.37. The summed E-state index contributed by atoms with van der Waals surface area (Å²) < 4.78 is 21.8. The molecule has 2 aliphatic heterocycles. The number of pyridine rings is 1. The van der Waals surface area contributed by atoms with Crippen LogP contribution in [0, 0.1) is 5.82 Å². The molecule has 1 aromatic heterocycles. The highest BCUT2D eigenvalue weighted by molar-refractivity contribution is 7.98. The van der Waals surface area contributed by atoms with E-state index in [1.807, 2.05) is 30.3 Å². The molecule has 0 aliphatic carbocycles. The van der Waals surface area contributed by atoms with Gasteiger partial charge in [-0.2, -0.15) is 0 Å². The van der Waals surface area contributed by atoms with Gasteiger partial charge in [0.15, 0.2) is 5.69 Å². The molecule has 32 heavy (non-hydrogen) atoms. The Morgan fingerprint density at radius 2 is 1.97 bits per heavy atom. The van der Waals surface area contributed by atoms with Crippen LogP contribution in [0.25, 0.3) is 0 Å². The summed E-state index contributed by atoms with van der Waals surface area (Å²) in [4.78, 5) is 37.5. The third kappa shape index (κ3) is 3.25. The number of nitrogens with one attached hydrogen (secondary N) is 1. The topological polar surface area (TPSA) is 80.6 Å². The molecule has 2 aromatic carbocycles. The van der Waals surface area contributed by atoms with Crippen molar-refractivity contribution < 1.29 is 18.7 Å². The fourth-order valence-electron chi connectivity index (χ4n) is 4.16. The summed E-state index contributed by atoms with van der Waals surface area (Å²) in [6, 6.07) is 13.4. The lowest BCUT2D eigenvalue weighted by atomic mass is 9.94. The number of rotatable bonds is 2. The van der Waals surface area contributed by atoms with E-state index in [0.717, 1.165) is 22.9 Å². The van der Waals surface area contributed by atoms with Crippen molar-refractivity contribution in [3.05, 3.63) is 93.2 Å². The molecule has 1 atom stereocenters. The van der Waals surface area contributed by atoms with Gasteiger partial charge in [0.05, 0.1) is 0 Å². The average molecular weight is 451 g/mol. The van der Waals surface area contributed by atoms with E-state index in [-0.39, 0.29) is 23.9 Å². The largest absolute Gasteiger partial charge is 0.420 e. The molecule has 2 aliphatic rings. The Balaban J connectivity index is 1.77. The van der Waals surface area contributed by atoms with Gasteiger partial charge >= 0.3 is 5.97 Å². The third-order valence-electron chi connectivity index (χ3n) is 5.49. The molecule has 0 spiro atoms. The highest BCUT2D eigenvalue weighted by Crippen LogP contribution is 2.43. The number of nitrogens with zero attached hydrogens (tertiary/aromatic N) is 2. The Morgan fingerprint density at radius 3 is 2.78 bits per heavy atom. The van der Waals surface area contributed by atoms with Crippen LogP contribution in [0.3, 0.4) is 0 Å². The van der Waals surface area contributed by atoms with E-state index < -0.39 is 23.3 Å². The summed E-state index contributed by atoms with van der Waals surface area (Å²) in [6.45, 7) is 1.22. The average Bonchev–Trinajstić information content (AvgIpc) is 2.94. The molecule has 5 rings (SSSR count). The Bertz CT molecular complexity index is 1320. The second kappa shape index (κ2) is 7.83. The highest BCUT2D eigenvalue weighted by atomic mass is 32.2. The van der Waals surface area contributed by atoms with Crippen LogP contribution in [0.5, 0.6) is 5.75 Å². The van der Waals surface area contributed by atoms with Crippen LogP contribution in [0.2, 0.25) is 0 Å². The number of fused-ring (bicyclic) bond motifs is 3. The van der Waals surface area contributed by atoms with E-state index in [1.54, 1.807) is 22.8 Å². The van der Waals surface area contributed by atoms with E-state index in [2.05, 4.69) is 5.32 Å². The molecule has 7 nitrogen and oxygen atoms in total. The fraction of sp³-hybridized carbons (Fsp3) is 0.174. The van der Waals surface area contributed by atoms with E-state index in [1.165, 1.54) is 23.0 Å². The zero-order valence-corrected chi connectivity index (χ0v) is 17.8. The molecule has 1 amide bonds. The Kier molecular flexibility index (Phi) is 4.97. The number of carbonyl (C=O) groups is 2. The van der Waals surface area contributed by atoms with Crippen LogP contribution in [-0.2, 0) is 10.5 Å². The lowest BCUT2D eigenvalue weighted by molar-refractivity contribution is -0.132. The van der Waals surface area contributed by atoms with Gasteiger partial charge in [-0.1, -0.05) is 30.3 Å². The molecule has 0 fully saturated rings. The molecular formula is C23H18FN3O4S. The second-order valence-electron chi connectivity index (χ2n) is 7.44. The minimum absolute atomic E-state index is 0.0612. The maximum atomic E-state index is 15.3. The number of benzene rings is 2. The van der Waals surface area contributed by atoms with E-state index >= 15 is 4.39 Å². The van der Waals surface area contributed by atoms with Crippen molar-refractivity contribution in [1.29, 1.82) is 0 Å². The summed E-state index contributed by atoms with van der Waals surface area (Å²) in [6.07, 6.45) is 1.45. The Hall–Kier alpha value is -3.59. The first kappa shape index (κ1) is 20.3. The molecular weight excluding hydrogens is 433 g/mol. The summed E-state index contributed by atoms with van der Waals surface area (Å²) in [5, 5.41) is 4.49. The number of carbonyl (C=O) groups excluding carboxylic acids is 2. The van der Waals surface area contributed by atoms with Crippen LogP contribution in [-0.4, -0.2) is 23.2 Å². The Morgan fingerprint density at radius 1 is 1.16 bits per heavy atom. The number of thioether (sulfide) groups is 1. The molecule has 3 heterocycles. The van der Waals surface area contributed by atoms with Crippen LogP contribution in [0.4, 0.5) is 4.39 Å². The first-order valence-electron chi connectivity index (χ1n) is 9.94. The van der Waals surface area contributed by atoms with Crippen molar-refractivity contribution in [1.82, 2.24) is 9.99 Å². The van der Waals surface area contributed by atoms with Gasteiger partial charge in [-0.25, -0.2) is 4.39 Å². The standard InChI is InChI=1S/C23H18FN3O4S/c1-13(28)31-22-17(29)9-10-26-21(22)23(30)25-12-27(26)20-15-6-3-2-5-14(15)11-32-18-8-4-7-16(24)19(18)20/h2-10,20H,11-12H2,1H3,(H,25,30). The quantitative estimate of drug-likeness (QED) is 0.604. The lowest BCUT2D eigenvalue weighted by Crippen LogP contribution is -2.54. The van der Waals surface area contributed by atoms with Gasteiger partial charge in [0.1, 0.15) is 18.5 Å². The zero-order chi connectivity index (χ0) is 22.4. The zero-order valence-electron chi connectivity index (χ0n) is 17.0. The second-order valence-corrected chi connectivity index (χ2v) is 8.46. The van der Waals surface area contributed by atoms with Crippen LogP contribution < -0.4 is 20.5 Å². The number of amides is 1. The number of aromatic nitrogens is 1. The monoisotopic (exact) mass is 451 g/mol. The lowest BCUT2D eigenvalue weighted by Gasteiger charge is -2.40. The Labute approximate surface area is 186 Å². The van der Waals surface area contributed by atoms with Crippen molar-refractivity contribution in [2.75, 3.05) is 11.7 Å². The van der Waals surface area contributed by atoms with Gasteiger partial charge in [-0.05, 0) is 23.3 Å². The van der Waals surface area contributed by atoms with Crippen molar-refractivity contribution in [3.63, 3.8) is 0 Å². The molecule has 9 heteroatoms. The minimum atomic E-state index is -0.714. The third-order valence-corrected chi connectivity index (χ3v) is 6.61. The maximum Gasteiger partial charge on any atom is 0.308 e. The number of halogens is 1. The number of ether oxygens (including phenoxy) is 1. The van der Waals surface area contributed by atoms with Gasteiger partial charge in [-0.3, -0.25) is 24.1 Å². The summed E-state index contributed by atoms with van der Waals surface area (Å²) in [7, 11) is 0. The van der Waals surface area contributed by atoms with E-state index in [0.29, 0.717) is 11.3 Å². The summed E-state index contributed by atoms with van der Waals surface area (Å²) in [5.41, 5.74) is 1.71. The molecule has 0 saturated carbocycles. The SMILES string of the molecule is CC(=O)Oc1c2n(ccc1=O)N(C1c3ccccc3CSc3cccc(F)c31)CNC2=O. The normalized spacial score (nSPS) is 16.9. The van der Waals surface area contributed by atoms with Crippen molar-refractivity contribution in [2.24, 2.45) is 0 Å². The number of hydrogen-bond acceptors (Lipinski definition) is 6. The van der Waals surface area contributed by atoms with Gasteiger partial charge in [0, 0.05) is 35.4 Å². The summed E-state index contributed by atoms with van der Waals surface area (Å²) >= 11 is 1.55. The molecule has 0 radical (unpaired) electrons. The van der Waals surface area contributed by atoms with Gasteiger partial charge in [-0.15, -0.1) is 11.8 Å². The molecule has 0 saturated heterocycles. The molecule has 0 bridgehead atoms. The maximum absolute atomic E-state index is 15.3. The van der Waals surface area contributed by atoms with Crippen molar-refractivity contribution in [2.45, 2.75) is 23.6 Å². The number of esters is 1. The van der Waals surface area contributed by atoms with Crippen LogP contribution in [0.15, 0.2) is 64.4 Å². The molecule has 1 unspecified atom stereocenters. The molecule has 1 N–H and O–H groups in total. The first-order chi connectivity index (χ1) is 15.5. The first-order valence-corrected chi connectivity index (χ1v) is 10.9. The molecule has 162 valence electrons. The predicted octanol–water partition coefficient (Wildman–Crippen LogP) is 2.95. The molecule has 3 aromatic rings. The fourth-order valence-corrected chi connectivity index (χ4v) is 5.28. The van der Waals surface area contributed by atoms with E-state index in [9.17, 15) is 14.4 Å². The summed E-state index contributed by atoms with van der Waals surface area (Å²) in [5.74, 6) is -1.32. The van der Waals surface area contributed by atoms with Crippen molar-refractivity contribution in [3.8, 4) is 5.75 Å². The van der Waals surface area contributed by atoms with Gasteiger partial charge in [0.25, 0.3) is 5.91 Å². The van der Waals surface area contributed by atoms with Crippen molar-refractivity contribution >= 4 is 23.6 Å². The van der Waals surface area contributed by atoms with Gasteiger partial charge < -0.3 is 10.1 Å². The van der Waals surface area contributed by atoms with Crippen LogP contribution in [0.1, 0.15) is 40.1 Å². The smallest absolute Gasteiger partial charge is 0.308 e. The van der Waals surface area contributed by atoms with E-state index in [4.69, 9.17) is 4.74 Å². The minimum Gasteiger partial charge on any atom is -0.420 e. The predicted molar refractivity (Wildman–Crippen MR) is 117 cm³/mol. The van der Waals surface area contributed by atoms with Crippen LogP contribution >= 0.6 is 11.8 Å². The van der Waals surface area contributed by atoms with Gasteiger partial charge in [0.2, 0.25) is 11.2 Å².